The minimum Gasteiger partial charge on any atom is -0.373 e. The van der Waals surface area contributed by atoms with Gasteiger partial charge in [-0.2, -0.15) is 0 Å². The molecule has 0 saturated heterocycles. The molecule has 1 aromatic heterocycles. The van der Waals surface area contributed by atoms with E-state index in [2.05, 4.69) is 15.6 Å². The number of pyridine rings is 1. The molecule has 1 aromatic rings. The fourth-order valence-electron chi connectivity index (χ4n) is 1.55. The van der Waals surface area contributed by atoms with Gasteiger partial charge >= 0.3 is 0 Å². The van der Waals surface area contributed by atoms with E-state index in [1.165, 1.54) is 12.3 Å². The predicted octanol–water partition coefficient (Wildman–Crippen LogP) is 0.940. The molecule has 0 aliphatic carbocycles. The Morgan fingerprint density at radius 3 is 2.68 bits per heavy atom. The summed E-state index contributed by atoms with van der Waals surface area (Å²) in [6.07, 6.45) is 2.48. The molecule has 0 radical (unpaired) electrons. The fourth-order valence-corrected chi connectivity index (χ4v) is 2.73. The van der Waals surface area contributed by atoms with E-state index in [-0.39, 0.29) is 16.3 Å². The number of rotatable bonds is 5. The first-order valence-corrected chi connectivity index (χ1v) is 7.98. The van der Waals surface area contributed by atoms with Gasteiger partial charge in [0.05, 0.1) is 16.3 Å². The maximum absolute atomic E-state index is 12.0. The highest BCUT2D eigenvalue weighted by Crippen LogP contribution is 2.17. The summed E-state index contributed by atoms with van der Waals surface area (Å²) in [6.45, 7) is 1.62. The van der Waals surface area contributed by atoms with Crippen LogP contribution in [0.25, 0.3) is 0 Å². The van der Waals surface area contributed by atoms with Gasteiger partial charge in [0.1, 0.15) is 15.7 Å². The van der Waals surface area contributed by atoms with Crippen LogP contribution in [0, 0.1) is 0 Å². The predicted molar refractivity (Wildman–Crippen MR) is 75.4 cm³/mol. The molecule has 0 aliphatic heterocycles. The first-order valence-electron chi connectivity index (χ1n) is 5.55. The minimum atomic E-state index is -3.15. The van der Waals surface area contributed by atoms with E-state index in [1.54, 1.807) is 14.0 Å². The third kappa shape index (κ3) is 5.04. The Hall–Kier alpha value is -1.34. The molecule has 19 heavy (non-hydrogen) atoms. The van der Waals surface area contributed by atoms with E-state index in [1.807, 2.05) is 0 Å². The molecule has 1 rings (SSSR count). The molecule has 8 heteroatoms. The Bertz CT molecular complexity index is 575. The molecule has 0 aliphatic rings. The van der Waals surface area contributed by atoms with Gasteiger partial charge in [-0.3, -0.25) is 4.79 Å². The highest BCUT2D eigenvalue weighted by atomic mass is 35.5. The third-order valence-electron chi connectivity index (χ3n) is 2.29. The smallest absolute Gasteiger partial charge is 0.253 e. The summed E-state index contributed by atoms with van der Waals surface area (Å²) in [5, 5.41) is 5.59. The molecular weight excluding hydrogens is 290 g/mol. The largest absolute Gasteiger partial charge is 0.373 e. The number of halogens is 1. The van der Waals surface area contributed by atoms with Crippen LogP contribution in [0.4, 0.5) is 5.82 Å². The van der Waals surface area contributed by atoms with Crippen LogP contribution in [0.5, 0.6) is 0 Å². The van der Waals surface area contributed by atoms with E-state index < -0.39 is 21.8 Å². The van der Waals surface area contributed by atoms with Crippen molar-refractivity contribution in [1.82, 2.24) is 10.3 Å². The Labute approximate surface area is 117 Å². The monoisotopic (exact) mass is 305 g/mol. The number of sulfone groups is 1. The number of nitrogens with zero attached hydrogens (tertiary/aromatic N) is 1. The summed E-state index contributed by atoms with van der Waals surface area (Å²) in [5.41, 5.74) is 0.251. The molecule has 0 aromatic carbocycles. The number of nitrogens with one attached hydrogen (secondary N) is 2. The van der Waals surface area contributed by atoms with Crippen molar-refractivity contribution in [3.63, 3.8) is 0 Å². The Balaban J connectivity index is 2.83. The fraction of sp³-hybridized carbons (Fsp3) is 0.455. The van der Waals surface area contributed by atoms with E-state index in [4.69, 9.17) is 11.6 Å². The molecule has 0 fully saturated rings. The molecule has 2 N–H and O–H groups in total. The maximum atomic E-state index is 12.0. The van der Waals surface area contributed by atoms with Crippen LogP contribution in [-0.4, -0.2) is 44.4 Å². The van der Waals surface area contributed by atoms with Crippen LogP contribution in [0.15, 0.2) is 12.3 Å². The van der Waals surface area contributed by atoms with Crippen LogP contribution in [0.2, 0.25) is 5.02 Å². The summed E-state index contributed by atoms with van der Waals surface area (Å²) < 4.78 is 22.3. The molecule has 1 atom stereocenters. The van der Waals surface area contributed by atoms with Gasteiger partial charge in [0.2, 0.25) is 0 Å². The van der Waals surface area contributed by atoms with Crippen molar-refractivity contribution in [3.8, 4) is 0 Å². The summed E-state index contributed by atoms with van der Waals surface area (Å²) in [4.78, 5) is 15.9. The lowest BCUT2D eigenvalue weighted by atomic mass is 10.2. The van der Waals surface area contributed by atoms with Crippen LogP contribution < -0.4 is 10.6 Å². The summed E-state index contributed by atoms with van der Waals surface area (Å²) >= 11 is 5.90. The van der Waals surface area contributed by atoms with Gasteiger partial charge in [-0.05, 0) is 13.0 Å². The second kappa shape index (κ2) is 6.21. The number of carbonyl (C=O) groups is 1. The zero-order valence-corrected chi connectivity index (χ0v) is 12.5. The number of anilines is 1. The quantitative estimate of drug-likeness (QED) is 0.845. The number of hydrogen-bond donors (Lipinski definition) is 2. The summed E-state index contributed by atoms with van der Waals surface area (Å²) in [7, 11) is -1.48. The van der Waals surface area contributed by atoms with Gasteiger partial charge in [-0.25, -0.2) is 13.4 Å². The van der Waals surface area contributed by atoms with Gasteiger partial charge in [-0.1, -0.05) is 11.6 Å². The van der Waals surface area contributed by atoms with Crippen LogP contribution in [0.1, 0.15) is 17.3 Å². The number of aromatic nitrogens is 1. The normalized spacial score (nSPS) is 12.8. The SMILES string of the molecule is CNc1cc(C(=O)NC(C)CS(C)(=O)=O)c(Cl)cn1. The number of amides is 1. The van der Waals surface area contributed by atoms with Gasteiger partial charge < -0.3 is 10.6 Å². The molecule has 1 unspecified atom stereocenters. The molecule has 1 heterocycles. The van der Waals surface area contributed by atoms with Crippen molar-refractivity contribution < 1.29 is 13.2 Å². The lowest BCUT2D eigenvalue weighted by Gasteiger charge is -2.13. The first-order chi connectivity index (χ1) is 8.73. The summed E-state index contributed by atoms with van der Waals surface area (Å²) in [6, 6.07) is 1.01. The lowest BCUT2D eigenvalue weighted by Crippen LogP contribution is -2.37. The lowest BCUT2D eigenvalue weighted by molar-refractivity contribution is 0.0943. The number of carbonyl (C=O) groups excluding carboxylic acids is 1. The second-order valence-corrected chi connectivity index (χ2v) is 6.86. The van der Waals surface area contributed by atoms with Crippen molar-refractivity contribution in [2.24, 2.45) is 0 Å². The van der Waals surface area contributed by atoms with Crippen LogP contribution >= 0.6 is 11.6 Å². The maximum Gasteiger partial charge on any atom is 0.253 e. The highest BCUT2D eigenvalue weighted by Gasteiger charge is 2.17. The molecular formula is C11H16ClN3O3S. The van der Waals surface area contributed by atoms with Crippen molar-refractivity contribution >= 4 is 33.2 Å². The molecule has 0 saturated carbocycles. The van der Waals surface area contributed by atoms with E-state index in [0.717, 1.165) is 6.26 Å². The second-order valence-electron chi connectivity index (χ2n) is 4.27. The van der Waals surface area contributed by atoms with E-state index in [0.29, 0.717) is 5.82 Å². The van der Waals surface area contributed by atoms with Crippen LogP contribution in [-0.2, 0) is 9.84 Å². The Morgan fingerprint density at radius 1 is 1.53 bits per heavy atom. The van der Waals surface area contributed by atoms with Crippen molar-refractivity contribution in [2.45, 2.75) is 13.0 Å². The molecule has 106 valence electrons. The van der Waals surface area contributed by atoms with Gasteiger partial charge in [-0.15, -0.1) is 0 Å². The third-order valence-corrected chi connectivity index (χ3v) is 3.69. The van der Waals surface area contributed by atoms with Gasteiger partial charge in [0.15, 0.2) is 0 Å². The standard InChI is InChI=1S/C11H16ClN3O3S/c1-7(6-19(3,17)18)15-11(16)8-4-10(13-2)14-5-9(8)12/h4-5,7H,6H2,1-3H3,(H,13,14)(H,15,16). The minimum absolute atomic E-state index is 0.125. The molecule has 0 bridgehead atoms. The Kier molecular flexibility index (Phi) is 5.13. The molecule has 0 spiro atoms. The van der Waals surface area contributed by atoms with Crippen molar-refractivity contribution in [3.05, 3.63) is 22.8 Å². The highest BCUT2D eigenvalue weighted by molar-refractivity contribution is 7.90. The van der Waals surface area contributed by atoms with Gasteiger partial charge in [0, 0.05) is 25.5 Å². The first kappa shape index (κ1) is 15.7. The topological polar surface area (TPSA) is 88.2 Å². The molecule has 6 nitrogen and oxygen atoms in total. The van der Waals surface area contributed by atoms with E-state index in [9.17, 15) is 13.2 Å². The average molecular weight is 306 g/mol. The average Bonchev–Trinajstić information content (AvgIpc) is 2.26. The number of hydrogen-bond acceptors (Lipinski definition) is 5. The van der Waals surface area contributed by atoms with Crippen LogP contribution in [0.3, 0.4) is 0 Å². The summed E-state index contributed by atoms with van der Waals surface area (Å²) in [5.74, 6) is -0.0503. The van der Waals surface area contributed by atoms with Gasteiger partial charge in [0.25, 0.3) is 5.91 Å². The molecule has 1 amide bonds. The Morgan fingerprint density at radius 2 is 2.16 bits per heavy atom. The van der Waals surface area contributed by atoms with Crippen molar-refractivity contribution in [1.29, 1.82) is 0 Å². The zero-order chi connectivity index (χ0) is 14.6. The van der Waals surface area contributed by atoms with E-state index >= 15 is 0 Å². The van der Waals surface area contributed by atoms with Crippen molar-refractivity contribution in [2.75, 3.05) is 24.4 Å². The zero-order valence-electron chi connectivity index (χ0n) is 10.9.